The highest BCUT2D eigenvalue weighted by Gasteiger charge is 2.17. The van der Waals surface area contributed by atoms with Gasteiger partial charge in [0.25, 0.3) is 0 Å². The van der Waals surface area contributed by atoms with Crippen LogP contribution in [0.5, 0.6) is 5.75 Å². The number of fused-ring (bicyclic) bond motifs is 1. The molecule has 0 spiro atoms. The van der Waals surface area contributed by atoms with Gasteiger partial charge in [-0.2, -0.15) is 0 Å². The van der Waals surface area contributed by atoms with Gasteiger partial charge in [-0.15, -0.1) is 0 Å². The smallest absolute Gasteiger partial charge is 0.328 e. The van der Waals surface area contributed by atoms with E-state index in [1.54, 1.807) is 12.1 Å². The lowest BCUT2D eigenvalue weighted by Crippen LogP contribution is -2.02. The fourth-order valence-corrected chi connectivity index (χ4v) is 4.06. The number of hydrogen-bond donors (Lipinski definition) is 1. The number of carbonyl (C=O) groups is 1. The maximum absolute atomic E-state index is 11.5. The van der Waals surface area contributed by atoms with Crippen molar-refractivity contribution in [1.29, 1.82) is 0 Å². The van der Waals surface area contributed by atoms with Gasteiger partial charge in [0.2, 0.25) is 0 Å². The van der Waals surface area contributed by atoms with Gasteiger partial charge in [-0.05, 0) is 36.3 Å². The molecule has 0 radical (unpaired) electrons. The molecule has 4 aromatic rings. The standard InChI is InChI=1S/C26H19Cl2NO3/c1-16-10-11-18-8-5-9-23(26(18)29-16)32-15-21-22(27)13-12-19(25(21)28)20(14-24(30)31)17-6-3-2-4-7-17/h2-14H,15H2,1H3,(H,30,31)/b20-14+. The minimum Gasteiger partial charge on any atom is -0.487 e. The zero-order chi connectivity index (χ0) is 22.7. The monoisotopic (exact) mass is 463 g/mol. The third kappa shape index (κ3) is 4.62. The van der Waals surface area contributed by atoms with Crippen LogP contribution in [0, 0.1) is 6.92 Å². The van der Waals surface area contributed by atoms with Crippen molar-refractivity contribution in [2.45, 2.75) is 13.5 Å². The van der Waals surface area contributed by atoms with Crippen molar-refractivity contribution in [1.82, 2.24) is 4.98 Å². The number of aryl methyl sites for hydroxylation is 1. The lowest BCUT2D eigenvalue weighted by atomic mass is 9.96. The number of carboxylic acid groups (broad SMARTS) is 1. The van der Waals surface area contributed by atoms with E-state index in [1.807, 2.05) is 67.6 Å². The number of pyridine rings is 1. The predicted octanol–water partition coefficient (Wildman–Crippen LogP) is 6.95. The van der Waals surface area contributed by atoms with E-state index in [0.717, 1.165) is 28.2 Å². The van der Waals surface area contributed by atoms with Gasteiger partial charge in [-0.3, -0.25) is 0 Å². The molecular formula is C26H19Cl2NO3. The molecule has 0 amide bonds. The molecule has 0 atom stereocenters. The summed E-state index contributed by atoms with van der Waals surface area (Å²) in [6.45, 7) is 2.03. The summed E-state index contributed by atoms with van der Waals surface area (Å²) in [4.78, 5) is 16.1. The SMILES string of the molecule is Cc1ccc2cccc(OCc3c(Cl)ccc(/C(=C/C(=O)O)c4ccccc4)c3Cl)c2n1. The molecule has 0 unspecified atom stereocenters. The molecule has 32 heavy (non-hydrogen) atoms. The van der Waals surface area contributed by atoms with Crippen LogP contribution in [0.1, 0.15) is 22.4 Å². The van der Waals surface area contributed by atoms with Crippen LogP contribution >= 0.6 is 23.2 Å². The Morgan fingerprint density at radius 1 is 1.00 bits per heavy atom. The van der Waals surface area contributed by atoms with Crippen LogP contribution in [0.2, 0.25) is 10.0 Å². The third-order valence-electron chi connectivity index (χ3n) is 5.02. The summed E-state index contributed by atoms with van der Waals surface area (Å²) in [5, 5.41) is 11.2. The summed E-state index contributed by atoms with van der Waals surface area (Å²) in [7, 11) is 0. The summed E-state index contributed by atoms with van der Waals surface area (Å²) >= 11 is 13.2. The predicted molar refractivity (Wildman–Crippen MR) is 128 cm³/mol. The van der Waals surface area contributed by atoms with E-state index in [2.05, 4.69) is 4.98 Å². The maximum Gasteiger partial charge on any atom is 0.328 e. The Morgan fingerprint density at radius 3 is 2.53 bits per heavy atom. The van der Waals surface area contributed by atoms with Crippen LogP contribution in [0.3, 0.4) is 0 Å². The van der Waals surface area contributed by atoms with E-state index in [4.69, 9.17) is 27.9 Å². The quantitative estimate of drug-likeness (QED) is 0.314. The fourth-order valence-electron chi connectivity index (χ4n) is 3.48. The van der Waals surface area contributed by atoms with E-state index >= 15 is 0 Å². The highest BCUT2D eigenvalue weighted by molar-refractivity contribution is 6.37. The molecule has 0 aliphatic rings. The molecule has 1 aromatic heterocycles. The number of carboxylic acids is 1. The van der Waals surface area contributed by atoms with Crippen LogP contribution in [-0.4, -0.2) is 16.1 Å². The van der Waals surface area contributed by atoms with Crippen molar-refractivity contribution < 1.29 is 14.6 Å². The number of ether oxygens (including phenoxy) is 1. The first kappa shape index (κ1) is 21.9. The third-order valence-corrected chi connectivity index (χ3v) is 5.81. The van der Waals surface area contributed by atoms with Crippen LogP contribution in [-0.2, 0) is 11.4 Å². The van der Waals surface area contributed by atoms with Gasteiger partial charge >= 0.3 is 5.97 Å². The average Bonchev–Trinajstić information content (AvgIpc) is 2.78. The lowest BCUT2D eigenvalue weighted by molar-refractivity contribution is -0.131. The van der Waals surface area contributed by atoms with E-state index in [0.29, 0.717) is 32.5 Å². The van der Waals surface area contributed by atoms with E-state index < -0.39 is 5.97 Å². The van der Waals surface area contributed by atoms with E-state index in [1.165, 1.54) is 0 Å². The molecule has 6 heteroatoms. The number of aromatic nitrogens is 1. The van der Waals surface area contributed by atoms with Crippen molar-refractivity contribution >= 4 is 45.6 Å². The Hall–Kier alpha value is -3.34. The van der Waals surface area contributed by atoms with Gasteiger partial charge in [-0.25, -0.2) is 9.78 Å². The minimum atomic E-state index is -1.06. The van der Waals surface area contributed by atoms with Gasteiger partial charge in [0, 0.05) is 33.3 Å². The second-order valence-electron chi connectivity index (χ2n) is 7.22. The van der Waals surface area contributed by atoms with E-state index in [-0.39, 0.29) is 6.61 Å². The first-order valence-corrected chi connectivity index (χ1v) is 10.7. The van der Waals surface area contributed by atoms with Crippen LogP contribution in [0.25, 0.3) is 16.5 Å². The van der Waals surface area contributed by atoms with Gasteiger partial charge in [0.05, 0.1) is 5.02 Å². The number of hydrogen-bond acceptors (Lipinski definition) is 3. The Morgan fingerprint density at radius 2 is 1.78 bits per heavy atom. The second kappa shape index (κ2) is 9.43. The van der Waals surface area contributed by atoms with Crippen LogP contribution < -0.4 is 4.74 Å². The Balaban J connectivity index is 1.73. The van der Waals surface area contributed by atoms with Crippen molar-refractivity contribution in [3.63, 3.8) is 0 Å². The normalized spacial score (nSPS) is 11.5. The Bertz CT molecular complexity index is 1330. The van der Waals surface area contributed by atoms with Crippen molar-refractivity contribution in [2.24, 2.45) is 0 Å². The second-order valence-corrected chi connectivity index (χ2v) is 8.00. The molecule has 0 fully saturated rings. The summed E-state index contributed by atoms with van der Waals surface area (Å²) in [6.07, 6.45) is 1.15. The summed E-state index contributed by atoms with van der Waals surface area (Å²) in [5.74, 6) is -0.446. The Labute approximate surface area is 195 Å². The summed E-state index contributed by atoms with van der Waals surface area (Å²) < 4.78 is 6.08. The summed E-state index contributed by atoms with van der Waals surface area (Å²) in [5.41, 5.74) is 4.01. The fraction of sp³-hybridized carbons (Fsp3) is 0.0769. The van der Waals surface area contributed by atoms with Crippen LogP contribution in [0.4, 0.5) is 0 Å². The number of halogens is 2. The zero-order valence-corrected chi connectivity index (χ0v) is 18.7. The highest BCUT2D eigenvalue weighted by Crippen LogP contribution is 2.36. The number of aliphatic carboxylic acids is 1. The number of nitrogens with zero attached hydrogens (tertiary/aromatic N) is 1. The van der Waals surface area contributed by atoms with Crippen molar-refractivity contribution in [3.05, 3.63) is 111 Å². The van der Waals surface area contributed by atoms with Gasteiger partial charge in [0.15, 0.2) is 0 Å². The molecule has 0 aliphatic heterocycles. The first-order chi connectivity index (χ1) is 15.4. The van der Waals surface area contributed by atoms with Gasteiger partial charge < -0.3 is 9.84 Å². The molecule has 4 nitrogen and oxygen atoms in total. The molecule has 0 saturated carbocycles. The first-order valence-electron chi connectivity index (χ1n) is 9.90. The molecule has 0 saturated heterocycles. The highest BCUT2D eigenvalue weighted by atomic mass is 35.5. The number of rotatable bonds is 6. The van der Waals surface area contributed by atoms with Crippen LogP contribution in [0.15, 0.2) is 78.9 Å². The minimum absolute atomic E-state index is 0.107. The lowest BCUT2D eigenvalue weighted by Gasteiger charge is -2.16. The van der Waals surface area contributed by atoms with Crippen molar-refractivity contribution in [2.75, 3.05) is 0 Å². The molecule has 1 N–H and O–H groups in total. The average molecular weight is 464 g/mol. The zero-order valence-electron chi connectivity index (χ0n) is 17.2. The molecule has 1 heterocycles. The maximum atomic E-state index is 11.5. The molecule has 160 valence electrons. The molecule has 3 aromatic carbocycles. The number of para-hydroxylation sites is 1. The Kier molecular flexibility index (Phi) is 6.45. The largest absolute Gasteiger partial charge is 0.487 e. The number of benzene rings is 3. The molecule has 0 aliphatic carbocycles. The van der Waals surface area contributed by atoms with Gasteiger partial charge in [0.1, 0.15) is 17.9 Å². The van der Waals surface area contributed by atoms with Crippen molar-refractivity contribution in [3.8, 4) is 5.75 Å². The molecule has 4 rings (SSSR count). The molecule has 0 bridgehead atoms. The topological polar surface area (TPSA) is 59.4 Å². The van der Waals surface area contributed by atoms with Gasteiger partial charge in [-0.1, -0.05) is 77.8 Å². The molecular weight excluding hydrogens is 445 g/mol. The summed E-state index contributed by atoms with van der Waals surface area (Å²) in [6, 6.07) is 22.3. The van der Waals surface area contributed by atoms with E-state index in [9.17, 15) is 9.90 Å².